The second-order valence-corrected chi connectivity index (χ2v) is 6.48. The number of anilines is 1. The molecule has 0 fully saturated rings. The first kappa shape index (κ1) is 19.4. The molecule has 0 spiro atoms. The Hall–Kier alpha value is -1.93. The van der Waals surface area contributed by atoms with Crippen LogP contribution in [0.3, 0.4) is 0 Å². The molecule has 2 aromatic rings. The van der Waals surface area contributed by atoms with Gasteiger partial charge in [-0.3, -0.25) is 9.59 Å². The number of ether oxygens (including phenoxy) is 1. The van der Waals surface area contributed by atoms with E-state index in [0.717, 1.165) is 9.99 Å². The fourth-order valence-electron chi connectivity index (χ4n) is 2.20. The summed E-state index contributed by atoms with van der Waals surface area (Å²) in [7, 11) is 0. The van der Waals surface area contributed by atoms with Gasteiger partial charge >= 0.3 is 0 Å². The van der Waals surface area contributed by atoms with Crippen molar-refractivity contribution in [3.05, 3.63) is 63.2 Å². The average Bonchev–Trinajstić information content (AvgIpc) is 2.62. The molecule has 0 aliphatic rings. The predicted octanol–water partition coefficient (Wildman–Crippen LogP) is 3.70. The molecular formula is C19H21IN2O3. The lowest BCUT2D eigenvalue weighted by Crippen LogP contribution is -2.25. The van der Waals surface area contributed by atoms with E-state index >= 15 is 0 Å². The summed E-state index contributed by atoms with van der Waals surface area (Å²) in [4.78, 5) is 24.5. The van der Waals surface area contributed by atoms with Gasteiger partial charge in [-0.15, -0.1) is 0 Å². The molecule has 5 nitrogen and oxygen atoms in total. The zero-order valence-electron chi connectivity index (χ0n) is 14.0. The van der Waals surface area contributed by atoms with Crippen molar-refractivity contribution in [1.82, 2.24) is 5.32 Å². The minimum atomic E-state index is -0.195. The maximum Gasteiger partial charge on any atom is 0.256 e. The van der Waals surface area contributed by atoms with Crippen LogP contribution in [0.4, 0.5) is 5.69 Å². The lowest BCUT2D eigenvalue weighted by atomic mass is 10.1. The van der Waals surface area contributed by atoms with Gasteiger partial charge < -0.3 is 15.4 Å². The van der Waals surface area contributed by atoms with E-state index in [1.165, 1.54) is 0 Å². The zero-order valence-corrected chi connectivity index (χ0v) is 16.2. The summed E-state index contributed by atoms with van der Waals surface area (Å²) in [6.07, 6.45) is 0.766. The van der Waals surface area contributed by atoms with Gasteiger partial charge in [-0.2, -0.15) is 0 Å². The topological polar surface area (TPSA) is 67.4 Å². The van der Waals surface area contributed by atoms with E-state index in [0.29, 0.717) is 36.6 Å². The van der Waals surface area contributed by atoms with Crippen molar-refractivity contribution >= 4 is 40.1 Å². The molecule has 0 atom stereocenters. The molecule has 132 valence electrons. The summed E-state index contributed by atoms with van der Waals surface area (Å²) in [5.41, 5.74) is 1.71. The molecule has 0 unspecified atom stereocenters. The Morgan fingerprint density at radius 3 is 2.64 bits per heavy atom. The zero-order chi connectivity index (χ0) is 18.1. The molecular weight excluding hydrogens is 431 g/mol. The number of amides is 2. The van der Waals surface area contributed by atoms with E-state index in [1.54, 1.807) is 30.3 Å². The number of hydrogen-bond donors (Lipinski definition) is 2. The van der Waals surface area contributed by atoms with Crippen molar-refractivity contribution in [2.45, 2.75) is 13.3 Å². The highest BCUT2D eigenvalue weighted by Gasteiger charge is 2.11. The smallest absolute Gasteiger partial charge is 0.256 e. The third-order valence-corrected chi connectivity index (χ3v) is 4.40. The minimum Gasteiger partial charge on any atom is -0.382 e. The molecule has 0 aliphatic carbocycles. The first-order chi connectivity index (χ1) is 12.1. The van der Waals surface area contributed by atoms with E-state index in [9.17, 15) is 9.59 Å². The Balaban J connectivity index is 1.95. The Bertz CT molecular complexity index is 734. The Labute approximate surface area is 161 Å². The fraction of sp³-hybridized carbons (Fsp3) is 0.263. The van der Waals surface area contributed by atoms with Crippen LogP contribution >= 0.6 is 22.6 Å². The van der Waals surface area contributed by atoms with Crippen LogP contribution in [0.1, 0.15) is 34.1 Å². The molecule has 0 heterocycles. The van der Waals surface area contributed by atoms with Crippen molar-refractivity contribution in [3.63, 3.8) is 0 Å². The van der Waals surface area contributed by atoms with Crippen LogP contribution in [0.5, 0.6) is 0 Å². The SMILES string of the molecule is CCOCCCNC(=O)c1cccc(NC(=O)c2ccccc2I)c1. The predicted molar refractivity (Wildman–Crippen MR) is 107 cm³/mol. The van der Waals surface area contributed by atoms with E-state index in [2.05, 4.69) is 33.2 Å². The number of carbonyl (C=O) groups is 2. The highest BCUT2D eigenvalue weighted by atomic mass is 127. The van der Waals surface area contributed by atoms with E-state index in [4.69, 9.17) is 4.74 Å². The average molecular weight is 452 g/mol. The monoisotopic (exact) mass is 452 g/mol. The van der Waals surface area contributed by atoms with Crippen LogP contribution in [0.15, 0.2) is 48.5 Å². The molecule has 0 bridgehead atoms. The molecule has 0 saturated heterocycles. The number of halogens is 1. The summed E-state index contributed by atoms with van der Waals surface area (Å²) in [6, 6.07) is 14.3. The number of hydrogen-bond acceptors (Lipinski definition) is 3. The summed E-state index contributed by atoms with van der Waals surface area (Å²) in [6.45, 7) is 3.80. The molecule has 2 rings (SSSR count). The molecule has 6 heteroatoms. The maximum atomic E-state index is 12.4. The molecule has 0 aliphatic heterocycles. The Morgan fingerprint density at radius 2 is 1.88 bits per heavy atom. The summed E-state index contributed by atoms with van der Waals surface area (Å²) in [5.74, 6) is -0.360. The first-order valence-corrected chi connectivity index (χ1v) is 9.21. The molecule has 0 saturated carbocycles. The first-order valence-electron chi connectivity index (χ1n) is 8.13. The van der Waals surface area contributed by atoms with Gasteiger partial charge in [0.2, 0.25) is 0 Å². The molecule has 0 aromatic heterocycles. The number of nitrogens with one attached hydrogen (secondary N) is 2. The van der Waals surface area contributed by atoms with Crippen LogP contribution in [0, 0.1) is 3.57 Å². The van der Waals surface area contributed by atoms with Crippen LogP contribution < -0.4 is 10.6 Å². The highest BCUT2D eigenvalue weighted by molar-refractivity contribution is 14.1. The Morgan fingerprint density at radius 1 is 1.08 bits per heavy atom. The standard InChI is InChI=1S/C19H21IN2O3/c1-2-25-12-6-11-21-18(23)14-7-5-8-15(13-14)22-19(24)16-9-3-4-10-17(16)20/h3-5,7-10,13H,2,6,11-12H2,1H3,(H,21,23)(H,22,24). The Kier molecular flexibility index (Phi) is 7.87. The van der Waals surface area contributed by atoms with Crippen LogP contribution in [0.25, 0.3) is 0 Å². The van der Waals surface area contributed by atoms with Gasteiger partial charge in [-0.25, -0.2) is 0 Å². The van der Waals surface area contributed by atoms with Crippen LogP contribution in [0.2, 0.25) is 0 Å². The van der Waals surface area contributed by atoms with Crippen molar-refractivity contribution in [1.29, 1.82) is 0 Å². The second kappa shape index (κ2) is 10.1. The third kappa shape index (κ3) is 6.13. The minimum absolute atomic E-state index is 0.165. The molecule has 0 radical (unpaired) electrons. The van der Waals surface area contributed by atoms with Gasteiger partial charge in [-0.1, -0.05) is 18.2 Å². The lowest BCUT2D eigenvalue weighted by Gasteiger charge is -2.09. The van der Waals surface area contributed by atoms with Crippen molar-refractivity contribution in [2.24, 2.45) is 0 Å². The molecule has 2 aromatic carbocycles. The van der Waals surface area contributed by atoms with Crippen molar-refractivity contribution in [2.75, 3.05) is 25.1 Å². The maximum absolute atomic E-state index is 12.4. The van der Waals surface area contributed by atoms with Gasteiger partial charge in [0.05, 0.1) is 5.56 Å². The van der Waals surface area contributed by atoms with Gasteiger partial charge in [0, 0.05) is 34.6 Å². The van der Waals surface area contributed by atoms with Crippen molar-refractivity contribution < 1.29 is 14.3 Å². The number of carbonyl (C=O) groups excluding carboxylic acids is 2. The van der Waals surface area contributed by atoms with Crippen LogP contribution in [-0.4, -0.2) is 31.6 Å². The molecule has 25 heavy (non-hydrogen) atoms. The number of benzene rings is 2. The molecule has 2 N–H and O–H groups in total. The van der Waals surface area contributed by atoms with E-state index in [1.807, 2.05) is 25.1 Å². The summed E-state index contributed by atoms with van der Waals surface area (Å²) >= 11 is 2.12. The van der Waals surface area contributed by atoms with Gasteiger partial charge in [0.1, 0.15) is 0 Å². The third-order valence-electron chi connectivity index (χ3n) is 3.46. The van der Waals surface area contributed by atoms with Crippen LogP contribution in [-0.2, 0) is 4.74 Å². The van der Waals surface area contributed by atoms with Crippen molar-refractivity contribution in [3.8, 4) is 0 Å². The lowest BCUT2D eigenvalue weighted by molar-refractivity contribution is 0.0943. The molecule has 2 amide bonds. The number of rotatable bonds is 8. The van der Waals surface area contributed by atoms with Gasteiger partial charge in [-0.05, 0) is 66.3 Å². The van der Waals surface area contributed by atoms with Gasteiger partial charge in [0.25, 0.3) is 11.8 Å². The normalized spacial score (nSPS) is 10.3. The second-order valence-electron chi connectivity index (χ2n) is 5.32. The van der Waals surface area contributed by atoms with E-state index in [-0.39, 0.29) is 11.8 Å². The van der Waals surface area contributed by atoms with Gasteiger partial charge in [0.15, 0.2) is 0 Å². The fourth-order valence-corrected chi connectivity index (χ4v) is 2.84. The highest BCUT2D eigenvalue weighted by Crippen LogP contribution is 2.16. The summed E-state index contributed by atoms with van der Waals surface area (Å²) < 4.78 is 6.11. The van der Waals surface area contributed by atoms with E-state index < -0.39 is 0 Å². The largest absolute Gasteiger partial charge is 0.382 e. The summed E-state index contributed by atoms with van der Waals surface area (Å²) in [5, 5.41) is 5.68. The quantitative estimate of drug-likeness (QED) is 0.474.